The van der Waals surface area contributed by atoms with Gasteiger partial charge in [0.05, 0.1) is 5.56 Å². The van der Waals surface area contributed by atoms with E-state index in [1.165, 1.54) is 32.6 Å². The van der Waals surface area contributed by atoms with Gasteiger partial charge in [0.1, 0.15) is 0 Å². The first kappa shape index (κ1) is 12.6. The van der Waals surface area contributed by atoms with Crippen molar-refractivity contribution in [1.29, 1.82) is 0 Å². The molecule has 1 heterocycles. The fraction of sp³-hybridized carbons (Fsp3) is 0.250. The van der Waals surface area contributed by atoms with Crippen molar-refractivity contribution >= 4 is 16.1 Å². The first-order chi connectivity index (χ1) is 7.43. The Labute approximate surface area is 93.6 Å². The summed E-state index contributed by atoms with van der Waals surface area (Å²) in [7, 11) is -0.979. The third-order valence-corrected chi connectivity index (χ3v) is 3.02. The van der Waals surface area contributed by atoms with Crippen molar-refractivity contribution in [3.63, 3.8) is 0 Å². The van der Waals surface area contributed by atoms with Gasteiger partial charge in [-0.2, -0.15) is 12.7 Å². The van der Waals surface area contributed by atoms with Gasteiger partial charge in [0, 0.05) is 26.5 Å². The van der Waals surface area contributed by atoms with Crippen molar-refractivity contribution in [3.8, 4) is 0 Å². The highest BCUT2D eigenvalue weighted by atomic mass is 32.2. The van der Waals surface area contributed by atoms with Gasteiger partial charge in [0.2, 0.25) is 0 Å². The van der Waals surface area contributed by atoms with Crippen molar-refractivity contribution in [3.05, 3.63) is 30.1 Å². The van der Waals surface area contributed by atoms with Crippen molar-refractivity contribution in [1.82, 2.24) is 19.5 Å². The van der Waals surface area contributed by atoms with Crippen molar-refractivity contribution in [2.75, 3.05) is 14.1 Å². The van der Waals surface area contributed by atoms with E-state index in [0.29, 0.717) is 0 Å². The second kappa shape index (κ2) is 5.01. The lowest BCUT2D eigenvalue weighted by atomic mass is 10.3. The molecule has 0 aromatic carbocycles. The number of nitrogens with one attached hydrogen (secondary N) is 2. The van der Waals surface area contributed by atoms with Gasteiger partial charge in [-0.15, -0.1) is 4.83 Å². The van der Waals surface area contributed by atoms with Crippen LogP contribution >= 0.6 is 0 Å². The van der Waals surface area contributed by atoms with Crippen molar-refractivity contribution < 1.29 is 13.2 Å². The minimum atomic E-state index is -3.67. The molecule has 0 spiro atoms. The van der Waals surface area contributed by atoms with Crippen LogP contribution in [0.25, 0.3) is 0 Å². The zero-order chi connectivity index (χ0) is 12.2. The molecule has 8 heteroatoms. The molecule has 16 heavy (non-hydrogen) atoms. The Balaban J connectivity index is 2.62. The maximum Gasteiger partial charge on any atom is 0.295 e. The van der Waals surface area contributed by atoms with E-state index in [9.17, 15) is 13.2 Å². The van der Waals surface area contributed by atoms with Crippen LogP contribution in [0.15, 0.2) is 24.5 Å². The van der Waals surface area contributed by atoms with Crippen LogP contribution in [-0.2, 0) is 10.2 Å². The Morgan fingerprint density at radius 2 is 2.12 bits per heavy atom. The number of nitrogens with zero attached hydrogens (tertiary/aromatic N) is 2. The number of hydrogen-bond acceptors (Lipinski definition) is 4. The number of carbonyl (C=O) groups is 1. The van der Waals surface area contributed by atoms with Gasteiger partial charge in [-0.05, 0) is 12.1 Å². The summed E-state index contributed by atoms with van der Waals surface area (Å²) in [4.78, 5) is 17.1. The van der Waals surface area contributed by atoms with Crippen LogP contribution in [0.2, 0.25) is 0 Å². The monoisotopic (exact) mass is 244 g/mol. The highest BCUT2D eigenvalue weighted by Gasteiger charge is 2.14. The van der Waals surface area contributed by atoms with Gasteiger partial charge in [0.25, 0.3) is 16.1 Å². The lowest BCUT2D eigenvalue weighted by Gasteiger charge is -2.12. The van der Waals surface area contributed by atoms with Crippen molar-refractivity contribution in [2.24, 2.45) is 0 Å². The highest BCUT2D eigenvalue weighted by Crippen LogP contribution is 1.94. The molecule has 0 fully saturated rings. The predicted molar refractivity (Wildman–Crippen MR) is 57.4 cm³/mol. The Hall–Kier alpha value is -1.51. The summed E-state index contributed by atoms with van der Waals surface area (Å²) in [5.41, 5.74) is 2.33. The third kappa shape index (κ3) is 3.26. The Morgan fingerprint density at radius 3 is 2.62 bits per heavy atom. The third-order valence-electron chi connectivity index (χ3n) is 1.70. The molecule has 1 aromatic rings. The van der Waals surface area contributed by atoms with Crippen LogP contribution in [-0.4, -0.2) is 37.7 Å². The van der Waals surface area contributed by atoms with E-state index < -0.39 is 16.1 Å². The Morgan fingerprint density at radius 1 is 1.44 bits per heavy atom. The molecule has 88 valence electrons. The molecule has 0 saturated carbocycles. The van der Waals surface area contributed by atoms with E-state index in [4.69, 9.17) is 0 Å². The molecular formula is C8H12N4O3S. The zero-order valence-electron chi connectivity index (χ0n) is 8.84. The maximum absolute atomic E-state index is 11.4. The minimum Gasteiger partial charge on any atom is -0.273 e. The Kier molecular flexibility index (Phi) is 3.93. The molecule has 1 aromatic heterocycles. The summed E-state index contributed by atoms with van der Waals surface area (Å²) in [5.74, 6) is -0.571. The molecule has 0 aliphatic rings. The number of amides is 1. The van der Waals surface area contributed by atoms with E-state index in [1.807, 2.05) is 4.83 Å². The lowest BCUT2D eigenvalue weighted by Crippen LogP contribution is -2.46. The van der Waals surface area contributed by atoms with E-state index in [1.54, 1.807) is 6.07 Å². The molecule has 1 rings (SSSR count). The fourth-order valence-corrected chi connectivity index (χ4v) is 1.18. The van der Waals surface area contributed by atoms with E-state index >= 15 is 0 Å². The lowest BCUT2D eigenvalue weighted by molar-refractivity contribution is 0.0944. The summed E-state index contributed by atoms with van der Waals surface area (Å²) in [6, 6.07) is 3.10. The van der Waals surface area contributed by atoms with Gasteiger partial charge in [0.15, 0.2) is 0 Å². The molecular weight excluding hydrogens is 232 g/mol. The molecule has 0 unspecified atom stereocenters. The standard InChI is InChI=1S/C8H12N4O3S/c1-12(2)16(14,15)11-10-8(13)7-4-3-5-9-6-7/h3-6,11H,1-2H3,(H,10,13). The van der Waals surface area contributed by atoms with E-state index in [2.05, 4.69) is 10.4 Å². The normalized spacial score (nSPS) is 11.4. The molecule has 0 saturated heterocycles. The minimum absolute atomic E-state index is 0.268. The number of rotatable bonds is 4. The van der Waals surface area contributed by atoms with Gasteiger partial charge >= 0.3 is 0 Å². The quantitative estimate of drug-likeness (QED) is 0.673. The van der Waals surface area contributed by atoms with Gasteiger partial charge in [-0.1, -0.05) is 0 Å². The summed E-state index contributed by atoms with van der Waals surface area (Å²) in [6.45, 7) is 0. The van der Waals surface area contributed by atoms with Gasteiger partial charge in [-0.25, -0.2) is 0 Å². The summed E-state index contributed by atoms with van der Waals surface area (Å²) >= 11 is 0. The maximum atomic E-state index is 11.4. The van der Waals surface area contributed by atoms with Gasteiger partial charge in [-0.3, -0.25) is 15.2 Å². The largest absolute Gasteiger partial charge is 0.295 e. The summed E-state index contributed by atoms with van der Waals surface area (Å²) < 4.78 is 23.4. The number of pyridine rings is 1. The molecule has 0 aliphatic heterocycles. The zero-order valence-corrected chi connectivity index (χ0v) is 9.65. The topological polar surface area (TPSA) is 91.4 Å². The molecule has 0 aliphatic carbocycles. The average molecular weight is 244 g/mol. The molecule has 0 atom stereocenters. The fourth-order valence-electron chi connectivity index (χ4n) is 0.771. The predicted octanol–water partition coefficient (Wildman–Crippen LogP) is -0.878. The Bertz CT molecular complexity index is 457. The van der Waals surface area contributed by atoms with Crippen LogP contribution in [0.4, 0.5) is 0 Å². The number of hydrazine groups is 1. The highest BCUT2D eigenvalue weighted by molar-refractivity contribution is 7.87. The molecule has 1 amide bonds. The van der Waals surface area contributed by atoms with E-state index in [-0.39, 0.29) is 5.56 Å². The average Bonchev–Trinajstić information content (AvgIpc) is 2.27. The first-order valence-corrected chi connectivity index (χ1v) is 5.77. The van der Waals surface area contributed by atoms with Crippen molar-refractivity contribution in [2.45, 2.75) is 0 Å². The van der Waals surface area contributed by atoms with Gasteiger partial charge < -0.3 is 0 Å². The molecule has 7 nitrogen and oxygen atoms in total. The molecule has 0 radical (unpaired) electrons. The second-order valence-electron chi connectivity index (χ2n) is 3.09. The van der Waals surface area contributed by atoms with E-state index in [0.717, 1.165) is 4.31 Å². The van der Waals surface area contributed by atoms with Crippen LogP contribution in [0.1, 0.15) is 10.4 Å². The SMILES string of the molecule is CN(C)S(=O)(=O)NNC(=O)c1cccnc1. The second-order valence-corrected chi connectivity index (χ2v) is 4.97. The van der Waals surface area contributed by atoms with Crippen LogP contribution in [0.3, 0.4) is 0 Å². The summed E-state index contributed by atoms with van der Waals surface area (Å²) in [6.07, 6.45) is 2.85. The smallest absolute Gasteiger partial charge is 0.273 e. The molecule has 0 bridgehead atoms. The number of hydrogen-bond donors (Lipinski definition) is 2. The van der Waals surface area contributed by atoms with Crippen LogP contribution in [0, 0.1) is 0 Å². The number of carbonyl (C=O) groups excluding carboxylic acids is 1. The van der Waals surface area contributed by atoms with Crippen LogP contribution < -0.4 is 10.3 Å². The number of aromatic nitrogens is 1. The summed E-state index contributed by atoms with van der Waals surface area (Å²) in [5, 5.41) is 0. The first-order valence-electron chi connectivity index (χ1n) is 4.33. The molecule has 2 N–H and O–H groups in total. The van der Waals surface area contributed by atoms with Crippen LogP contribution in [0.5, 0.6) is 0 Å².